The zero-order valence-corrected chi connectivity index (χ0v) is 17.1. The van der Waals surface area contributed by atoms with Crippen molar-refractivity contribution in [1.82, 2.24) is 15.1 Å². The number of anilines is 2. The molecule has 0 saturated carbocycles. The number of hydrogen-bond donors (Lipinski definition) is 0. The van der Waals surface area contributed by atoms with Crippen molar-refractivity contribution in [3.05, 3.63) is 47.3 Å². The second-order valence-corrected chi connectivity index (χ2v) is 8.03. The first-order chi connectivity index (χ1) is 14.0. The molecule has 2 aromatic rings. The van der Waals surface area contributed by atoms with E-state index in [9.17, 15) is 9.18 Å². The number of piperidine rings is 1. The largest absolute Gasteiger partial charge is 0.352 e. The van der Waals surface area contributed by atoms with E-state index in [2.05, 4.69) is 33.0 Å². The quantitative estimate of drug-likeness (QED) is 0.796. The third-order valence-corrected chi connectivity index (χ3v) is 6.04. The third kappa shape index (κ3) is 4.18. The summed E-state index contributed by atoms with van der Waals surface area (Å²) in [5.41, 5.74) is 0.952. The van der Waals surface area contributed by atoms with E-state index in [1.165, 1.54) is 25.3 Å². The predicted molar refractivity (Wildman–Crippen MR) is 112 cm³/mol. The van der Waals surface area contributed by atoms with Gasteiger partial charge in [0.2, 0.25) is 0 Å². The highest BCUT2D eigenvalue weighted by atomic mass is 19.1. The maximum atomic E-state index is 13.8. The van der Waals surface area contributed by atoms with Gasteiger partial charge in [-0.3, -0.25) is 4.79 Å². The molecular weight excluding hydrogens is 369 g/mol. The number of piperazine rings is 1. The Morgan fingerprint density at radius 3 is 2.38 bits per heavy atom. The minimum atomic E-state index is -0.340. The van der Waals surface area contributed by atoms with Gasteiger partial charge in [-0.15, -0.1) is 10.2 Å². The Morgan fingerprint density at radius 1 is 1.00 bits per heavy atom. The fourth-order valence-corrected chi connectivity index (χ4v) is 4.13. The maximum Gasteiger partial charge on any atom is 0.254 e. The van der Waals surface area contributed by atoms with E-state index in [-0.39, 0.29) is 11.7 Å². The Balaban J connectivity index is 1.36. The van der Waals surface area contributed by atoms with Crippen molar-refractivity contribution in [2.75, 3.05) is 42.5 Å². The number of hydrogen-bond acceptors (Lipinski definition) is 5. The van der Waals surface area contributed by atoms with E-state index >= 15 is 0 Å². The Morgan fingerprint density at radius 2 is 1.72 bits per heavy atom. The number of carbonyl (C=O) groups excluding carboxylic acids is 1. The molecule has 1 aromatic carbocycles. The zero-order chi connectivity index (χ0) is 20.4. The van der Waals surface area contributed by atoms with Gasteiger partial charge in [0.1, 0.15) is 5.82 Å². The molecule has 0 radical (unpaired) electrons. The van der Waals surface area contributed by atoms with Gasteiger partial charge in [0.15, 0.2) is 11.6 Å². The summed E-state index contributed by atoms with van der Waals surface area (Å²) < 4.78 is 13.8. The van der Waals surface area contributed by atoms with Crippen molar-refractivity contribution in [3.8, 4) is 0 Å². The second kappa shape index (κ2) is 8.35. The van der Waals surface area contributed by atoms with E-state index in [1.54, 1.807) is 24.0 Å². The Hall–Kier alpha value is -2.70. The highest BCUT2D eigenvalue weighted by Crippen LogP contribution is 2.24. The van der Waals surface area contributed by atoms with Crippen molar-refractivity contribution in [2.24, 2.45) is 0 Å². The summed E-state index contributed by atoms with van der Waals surface area (Å²) in [6.07, 6.45) is 3.68. The average molecular weight is 397 g/mol. The SMILES string of the molecule is Cc1ccc(C(=O)N2CCN(c3ccc(N4CCCCC4C)nn3)CC2)cc1F. The molecular formula is C22H28FN5O. The summed E-state index contributed by atoms with van der Waals surface area (Å²) in [5, 5.41) is 8.90. The molecule has 2 aliphatic heterocycles. The molecule has 2 fully saturated rings. The topological polar surface area (TPSA) is 52.6 Å². The van der Waals surface area contributed by atoms with Gasteiger partial charge < -0.3 is 14.7 Å². The van der Waals surface area contributed by atoms with Crippen molar-refractivity contribution in [1.29, 1.82) is 0 Å². The van der Waals surface area contributed by atoms with Gasteiger partial charge >= 0.3 is 0 Å². The number of halogens is 1. The molecule has 0 aliphatic carbocycles. The van der Waals surface area contributed by atoms with E-state index in [4.69, 9.17) is 0 Å². The monoisotopic (exact) mass is 397 g/mol. The number of aromatic nitrogens is 2. The lowest BCUT2D eigenvalue weighted by molar-refractivity contribution is 0.0746. The average Bonchev–Trinajstić information content (AvgIpc) is 2.76. The number of amides is 1. The van der Waals surface area contributed by atoms with Crippen LogP contribution in [0.2, 0.25) is 0 Å². The molecule has 2 aliphatic rings. The van der Waals surface area contributed by atoms with E-state index < -0.39 is 0 Å². The predicted octanol–water partition coefficient (Wildman–Crippen LogP) is 3.27. The summed E-state index contributed by atoms with van der Waals surface area (Å²) in [6, 6.07) is 9.26. The fraction of sp³-hybridized carbons (Fsp3) is 0.500. The number of benzene rings is 1. The molecule has 0 bridgehead atoms. The van der Waals surface area contributed by atoms with Crippen molar-refractivity contribution < 1.29 is 9.18 Å². The number of rotatable bonds is 3. The van der Waals surface area contributed by atoms with Crippen molar-refractivity contribution in [2.45, 2.75) is 39.2 Å². The normalized spacial score (nSPS) is 20.1. The lowest BCUT2D eigenvalue weighted by Gasteiger charge is -2.36. The zero-order valence-electron chi connectivity index (χ0n) is 17.1. The van der Waals surface area contributed by atoms with Crippen LogP contribution in [0.25, 0.3) is 0 Å². The molecule has 0 N–H and O–H groups in total. The Kier molecular flexibility index (Phi) is 5.65. The molecule has 1 aromatic heterocycles. The van der Waals surface area contributed by atoms with Gasteiger partial charge in [0.25, 0.3) is 5.91 Å². The van der Waals surface area contributed by atoms with Crippen LogP contribution in [-0.2, 0) is 0 Å². The van der Waals surface area contributed by atoms with Crippen molar-refractivity contribution in [3.63, 3.8) is 0 Å². The summed E-state index contributed by atoms with van der Waals surface area (Å²) in [7, 11) is 0. The highest BCUT2D eigenvalue weighted by Gasteiger charge is 2.24. The molecule has 7 heteroatoms. The van der Waals surface area contributed by atoms with Crippen molar-refractivity contribution >= 4 is 17.5 Å². The first kappa shape index (κ1) is 19.6. The standard InChI is InChI=1S/C22H28FN5O/c1-16-6-7-18(15-19(16)23)22(29)27-13-11-26(12-14-27)20-8-9-21(25-24-20)28-10-4-3-5-17(28)2/h6-9,15,17H,3-5,10-14H2,1-2H3. The van der Waals surface area contributed by atoms with Gasteiger partial charge in [-0.1, -0.05) is 6.07 Å². The molecule has 1 unspecified atom stereocenters. The highest BCUT2D eigenvalue weighted by molar-refractivity contribution is 5.94. The van der Waals surface area contributed by atoms with Crippen LogP contribution in [-0.4, -0.2) is 59.8 Å². The summed E-state index contributed by atoms with van der Waals surface area (Å²) in [6.45, 7) is 7.52. The van der Waals surface area contributed by atoms with Gasteiger partial charge in [-0.25, -0.2) is 4.39 Å². The molecule has 29 heavy (non-hydrogen) atoms. The van der Waals surface area contributed by atoms with Gasteiger partial charge in [0, 0.05) is 44.3 Å². The molecule has 4 rings (SSSR count). The third-order valence-electron chi connectivity index (χ3n) is 6.04. The number of nitrogens with zero attached hydrogens (tertiary/aromatic N) is 5. The molecule has 3 heterocycles. The Bertz CT molecular complexity index is 864. The van der Waals surface area contributed by atoms with E-state index in [0.29, 0.717) is 43.3 Å². The molecule has 154 valence electrons. The second-order valence-electron chi connectivity index (χ2n) is 8.03. The molecule has 2 saturated heterocycles. The first-order valence-corrected chi connectivity index (χ1v) is 10.4. The van der Waals surface area contributed by atoms with Crippen LogP contribution in [0.1, 0.15) is 42.1 Å². The van der Waals surface area contributed by atoms with Gasteiger partial charge in [-0.05, 0) is 62.9 Å². The molecule has 1 amide bonds. The Labute approximate surface area is 171 Å². The number of carbonyl (C=O) groups is 1. The van der Waals surface area contributed by atoms with Crippen LogP contribution in [0.3, 0.4) is 0 Å². The van der Waals surface area contributed by atoms with Crippen LogP contribution >= 0.6 is 0 Å². The van der Waals surface area contributed by atoms with Gasteiger partial charge in [0.05, 0.1) is 0 Å². The lowest BCUT2D eigenvalue weighted by atomic mass is 10.0. The van der Waals surface area contributed by atoms with E-state index in [0.717, 1.165) is 18.2 Å². The number of aryl methyl sites for hydroxylation is 1. The first-order valence-electron chi connectivity index (χ1n) is 10.4. The summed E-state index contributed by atoms with van der Waals surface area (Å²) >= 11 is 0. The van der Waals surface area contributed by atoms with Crippen LogP contribution in [0, 0.1) is 12.7 Å². The smallest absolute Gasteiger partial charge is 0.254 e. The van der Waals surface area contributed by atoms with Gasteiger partial charge in [-0.2, -0.15) is 0 Å². The molecule has 6 nitrogen and oxygen atoms in total. The van der Waals surface area contributed by atoms with Crippen LogP contribution in [0.4, 0.5) is 16.0 Å². The minimum Gasteiger partial charge on any atom is -0.352 e. The molecule has 1 atom stereocenters. The van der Waals surface area contributed by atoms with E-state index in [1.807, 2.05) is 6.07 Å². The lowest BCUT2D eigenvalue weighted by Crippen LogP contribution is -2.49. The maximum absolute atomic E-state index is 13.8. The fourth-order valence-electron chi connectivity index (χ4n) is 4.13. The van der Waals surface area contributed by atoms with Crippen LogP contribution in [0.15, 0.2) is 30.3 Å². The van der Waals surface area contributed by atoms with Crippen LogP contribution in [0.5, 0.6) is 0 Å². The minimum absolute atomic E-state index is 0.121. The molecule has 0 spiro atoms. The van der Waals surface area contributed by atoms with Crippen LogP contribution < -0.4 is 9.80 Å². The summed E-state index contributed by atoms with van der Waals surface area (Å²) in [5.74, 6) is 1.32. The summed E-state index contributed by atoms with van der Waals surface area (Å²) in [4.78, 5) is 18.9.